The van der Waals surface area contributed by atoms with Gasteiger partial charge in [-0.15, -0.1) is 0 Å². The average molecular weight is 442 g/mol. The molecule has 3 rings (SSSR count). The van der Waals surface area contributed by atoms with Gasteiger partial charge < -0.3 is 15.1 Å². The van der Waals surface area contributed by atoms with Gasteiger partial charge in [-0.25, -0.2) is 0 Å². The van der Waals surface area contributed by atoms with Crippen LogP contribution in [0.3, 0.4) is 0 Å². The first-order valence-electron chi connectivity index (χ1n) is 12.1. The maximum absolute atomic E-state index is 13.1. The van der Waals surface area contributed by atoms with Crippen LogP contribution in [0, 0.1) is 11.3 Å². The third-order valence-corrected chi connectivity index (χ3v) is 6.78. The van der Waals surface area contributed by atoms with Gasteiger partial charge in [0.2, 0.25) is 17.7 Å². The van der Waals surface area contributed by atoms with Crippen LogP contribution in [0.5, 0.6) is 0 Å². The number of carbonyl (C=O) groups is 3. The second kappa shape index (κ2) is 10.5. The van der Waals surface area contributed by atoms with Crippen LogP contribution in [0.2, 0.25) is 0 Å². The third kappa shape index (κ3) is 5.90. The van der Waals surface area contributed by atoms with E-state index in [0.29, 0.717) is 19.6 Å². The zero-order valence-corrected chi connectivity index (χ0v) is 20.1. The van der Waals surface area contributed by atoms with Gasteiger partial charge in [-0.05, 0) is 37.7 Å². The predicted octanol–water partition coefficient (Wildman–Crippen LogP) is 3.57. The van der Waals surface area contributed by atoms with E-state index >= 15 is 0 Å². The molecule has 1 N–H and O–H groups in total. The first-order valence-corrected chi connectivity index (χ1v) is 12.1. The fourth-order valence-corrected chi connectivity index (χ4v) is 4.87. The summed E-state index contributed by atoms with van der Waals surface area (Å²) in [5.74, 6) is 0.114. The highest BCUT2D eigenvalue weighted by Crippen LogP contribution is 2.26. The van der Waals surface area contributed by atoms with Crippen molar-refractivity contribution in [3.05, 3.63) is 35.9 Å². The third-order valence-electron chi connectivity index (χ3n) is 6.78. The number of likely N-dealkylation sites (tertiary alicyclic amines) is 2. The molecule has 1 aromatic carbocycles. The summed E-state index contributed by atoms with van der Waals surface area (Å²) in [5.41, 5.74) is 0.649. The summed E-state index contributed by atoms with van der Waals surface area (Å²) in [4.78, 5) is 42.4. The summed E-state index contributed by atoms with van der Waals surface area (Å²) in [5, 5.41) is 3.21. The summed E-state index contributed by atoms with van der Waals surface area (Å²) < 4.78 is 0. The zero-order valence-electron chi connectivity index (χ0n) is 20.1. The minimum atomic E-state index is -0.423. The summed E-state index contributed by atoms with van der Waals surface area (Å²) in [7, 11) is 0. The first-order chi connectivity index (χ1) is 15.2. The van der Waals surface area contributed by atoms with E-state index in [1.807, 2.05) is 60.9 Å². The standard InChI is InChI=1S/C26H39N3O3/c1-5-22(19-10-7-6-8-11-19)24(31)28-16-13-21(14-17-28)27-23(30)20-12-9-15-29(18-20)25(32)26(2,3)4/h6-8,10-11,20-22H,5,9,12-18H2,1-4H3,(H,27,30). The van der Waals surface area contributed by atoms with Crippen molar-refractivity contribution in [2.24, 2.45) is 11.3 Å². The smallest absolute Gasteiger partial charge is 0.230 e. The number of nitrogens with zero attached hydrogens (tertiary/aromatic N) is 2. The normalized spacial score (nSPS) is 21.2. The average Bonchev–Trinajstić information content (AvgIpc) is 2.79. The van der Waals surface area contributed by atoms with Crippen molar-refractivity contribution in [1.82, 2.24) is 15.1 Å². The maximum atomic E-state index is 13.1. The molecule has 2 heterocycles. The second-order valence-corrected chi connectivity index (χ2v) is 10.3. The largest absolute Gasteiger partial charge is 0.353 e. The molecule has 32 heavy (non-hydrogen) atoms. The molecule has 0 bridgehead atoms. The molecular formula is C26H39N3O3. The van der Waals surface area contributed by atoms with Crippen molar-refractivity contribution in [3.63, 3.8) is 0 Å². The lowest BCUT2D eigenvalue weighted by atomic mass is 9.90. The molecule has 2 fully saturated rings. The lowest BCUT2D eigenvalue weighted by Crippen LogP contribution is -2.52. The van der Waals surface area contributed by atoms with Gasteiger partial charge in [0, 0.05) is 37.6 Å². The topological polar surface area (TPSA) is 69.7 Å². The predicted molar refractivity (Wildman–Crippen MR) is 126 cm³/mol. The van der Waals surface area contributed by atoms with Gasteiger partial charge in [0.25, 0.3) is 0 Å². The van der Waals surface area contributed by atoms with Gasteiger partial charge >= 0.3 is 0 Å². The Morgan fingerprint density at radius 1 is 1.00 bits per heavy atom. The van der Waals surface area contributed by atoms with Gasteiger partial charge in [-0.2, -0.15) is 0 Å². The molecule has 2 aliphatic heterocycles. The van der Waals surface area contributed by atoms with Crippen LogP contribution >= 0.6 is 0 Å². The SMILES string of the molecule is CCC(C(=O)N1CCC(NC(=O)C2CCCN(C(=O)C(C)(C)C)C2)CC1)c1ccccc1. The maximum Gasteiger partial charge on any atom is 0.230 e. The molecule has 6 nitrogen and oxygen atoms in total. The Labute approximate surface area is 192 Å². The summed E-state index contributed by atoms with van der Waals surface area (Å²) in [6.45, 7) is 10.4. The second-order valence-electron chi connectivity index (χ2n) is 10.3. The minimum Gasteiger partial charge on any atom is -0.353 e. The van der Waals surface area contributed by atoms with E-state index < -0.39 is 5.41 Å². The van der Waals surface area contributed by atoms with E-state index in [1.54, 1.807) is 0 Å². The van der Waals surface area contributed by atoms with Crippen LogP contribution in [-0.2, 0) is 14.4 Å². The van der Waals surface area contributed by atoms with Crippen molar-refractivity contribution in [2.45, 2.75) is 71.8 Å². The lowest BCUT2D eigenvalue weighted by Gasteiger charge is -2.38. The Hall–Kier alpha value is -2.37. The summed E-state index contributed by atoms with van der Waals surface area (Å²) in [6.07, 6.45) is 4.03. The van der Waals surface area contributed by atoms with Crippen LogP contribution in [0.25, 0.3) is 0 Å². The number of amides is 3. The highest BCUT2D eigenvalue weighted by molar-refractivity contribution is 5.85. The van der Waals surface area contributed by atoms with E-state index in [-0.39, 0.29) is 35.6 Å². The van der Waals surface area contributed by atoms with Crippen molar-refractivity contribution < 1.29 is 14.4 Å². The van der Waals surface area contributed by atoms with Gasteiger partial charge in [0.1, 0.15) is 0 Å². The fourth-order valence-electron chi connectivity index (χ4n) is 4.87. The van der Waals surface area contributed by atoms with Crippen molar-refractivity contribution in [1.29, 1.82) is 0 Å². The van der Waals surface area contributed by atoms with E-state index in [4.69, 9.17) is 0 Å². The Morgan fingerprint density at radius 3 is 2.25 bits per heavy atom. The Kier molecular flexibility index (Phi) is 7.96. The van der Waals surface area contributed by atoms with Gasteiger partial charge in [-0.3, -0.25) is 14.4 Å². The molecule has 2 atom stereocenters. The molecule has 176 valence electrons. The molecule has 0 saturated carbocycles. The highest BCUT2D eigenvalue weighted by atomic mass is 16.2. The number of hydrogen-bond acceptors (Lipinski definition) is 3. The van der Waals surface area contributed by atoms with Crippen LogP contribution < -0.4 is 5.32 Å². The lowest BCUT2D eigenvalue weighted by molar-refractivity contribution is -0.143. The van der Waals surface area contributed by atoms with Crippen molar-refractivity contribution in [2.75, 3.05) is 26.2 Å². The van der Waals surface area contributed by atoms with Gasteiger partial charge in [-0.1, -0.05) is 58.0 Å². The number of benzene rings is 1. The van der Waals surface area contributed by atoms with Crippen LogP contribution in [0.1, 0.15) is 71.3 Å². The Morgan fingerprint density at radius 2 is 1.66 bits per heavy atom. The van der Waals surface area contributed by atoms with Crippen molar-refractivity contribution >= 4 is 17.7 Å². The quantitative estimate of drug-likeness (QED) is 0.759. The summed E-state index contributed by atoms with van der Waals surface area (Å²) >= 11 is 0. The van der Waals surface area contributed by atoms with E-state index in [1.165, 1.54) is 0 Å². The van der Waals surface area contributed by atoms with Crippen LogP contribution in [0.15, 0.2) is 30.3 Å². The highest BCUT2D eigenvalue weighted by Gasteiger charge is 2.35. The molecule has 0 spiro atoms. The number of hydrogen-bond donors (Lipinski definition) is 1. The summed E-state index contributed by atoms with van der Waals surface area (Å²) in [6, 6.07) is 10.1. The number of rotatable bonds is 5. The molecule has 0 radical (unpaired) electrons. The number of piperidine rings is 2. The molecule has 1 aromatic rings. The van der Waals surface area contributed by atoms with Crippen LogP contribution in [0.4, 0.5) is 0 Å². The number of carbonyl (C=O) groups excluding carboxylic acids is 3. The molecule has 2 saturated heterocycles. The molecule has 6 heteroatoms. The molecular weight excluding hydrogens is 402 g/mol. The first kappa shape index (κ1) is 24.3. The Bertz CT molecular complexity index is 794. The van der Waals surface area contributed by atoms with E-state index in [0.717, 1.165) is 44.2 Å². The van der Waals surface area contributed by atoms with Crippen LogP contribution in [-0.4, -0.2) is 59.7 Å². The Balaban J connectivity index is 1.49. The molecule has 3 amide bonds. The van der Waals surface area contributed by atoms with E-state index in [9.17, 15) is 14.4 Å². The molecule has 0 aromatic heterocycles. The molecule has 2 aliphatic rings. The van der Waals surface area contributed by atoms with Crippen molar-refractivity contribution in [3.8, 4) is 0 Å². The van der Waals surface area contributed by atoms with Gasteiger partial charge in [0.15, 0.2) is 0 Å². The van der Waals surface area contributed by atoms with E-state index in [2.05, 4.69) is 12.2 Å². The monoisotopic (exact) mass is 441 g/mol. The zero-order chi connectivity index (χ0) is 23.3. The molecule has 0 aliphatic carbocycles. The fraction of sp³-hybridized carbons (Fsp3) is 0.654. The number of nitrogens with one attached hydrogen (secondary N) is 1. The van der Waals surface area contributed by atoms with Gasteiger partial charge in [0.05, 0.1) is 11.8 Å². The molecule has 2 unspecified atom stereocenters. The minimum absolute atomic E-state index is 0.0527.